The van der Waals surface area contributed by atoms with Crippen LogP contribution in [0.5, 0.6) is 0 Å². The summed E-state index contributed by atoms with van der Waals surface area (Å²) in [6.07, 6.45) is 0.0769. The Balaban J connectivity index is 2.41. The van der Waals surface area contributed by atoms with E-state index in [1.165, 1.54) is 10.4 Å². The second kappa shape index (κ2) is 7.69. The second-order valence-corrected chi connectivity index (χ2v) is 6.46. The average molecular weight is 304 g/mol. The zero-order valence-electron chi connectivity index (χ0n) is 13.2. The lowest BCUT2D eigenvalue weighted by atomic mass is 10.1. The topological polar surface area (TPSA) is 34.1 Å². The smallest absolute Gasteiger partial charge is 0.123 e. The van der Waals surface area contributed by atoms with Crippen LogP contribution in [0.15, 0.2) is 30.3 Å². The summed E-state index contributed by atoms with van der Waals surface area (Å²) in [7, 11) is 1.97. The molecule has 0 aliphatic heterocycles. The van der Waals surface area contributed by atoms with Gasteiger partial charge in [-0.05, 0) is 19.9 Å². The summed E-state index contributed by atoms with van der Waals surface area (Å²) in [5.74, 6) is 0.419. The van der Waals surface area contributed by atoms with Gasteiger partial charge in [0.25, 0.3) is 0 Å². The van der Waals surface area contributed by atoms with Crippen LogP contribution in [-0.4, -0.2) is 18.6 Å². The Labute approximate surface area is 131 Å². The van der Waals surface area contributed by atoms with Crippen molar-refractivity contribution in [3.63, 3.8) is 0 Å². The maximum atomic E-state index is 5.90. The van der Waals surface area contributed by atoms with Crippen molar-refractivity contribution in [2.75, 3.05) is 13.7 Å². The summed E-state index contributed by atoms with van der Waals surface area (Å²) in [5.41, 5.74) is 2.25. The number of nitrogens with zero attached hydrogens (tertiary/aromatic N) is 1. The van der Waals surface area contributed by atoms with Gasteiger partial charge in [0, 0.05) is 23.6 Å². The van der Waals surface area contributed by atoms with Gasteiger partial charge in [-0.2, -0.15) is 0 Å². The molecule has 3 nitrogen and oxygen atoms in total. The van der Waals surface area contributed by atoms with Crippen molar-refractivity contribution in [2.45, 2.75) is 33.4 Å². The standard InChI is InChI=1S/C17H24N2OS/c1-5-20-16(12(2)3)17-19-15(14(21-17)11-18-4)13-9-7-6-8-10-13/h6-10,12,16,18H,5,11H2,1-4H3. The molecule has 0 bridgehead atoms. The molecule has 0 saturated heterocycles. The Hall–Kier alpha value is -1.23. The molecule has 1 N–H and O–H groups in total. The Morgan fingerprint density at radius 2 is 1.95 bits per heavy atom. The number of hydrogen-bond donors (Lipinski definition) is 1. The van der Waals surface area contributed by atoms with Crippen LogP contribution in [0.3, 0.4) is 0 Å². The molecule has 0 radical (unpaired) electrons. The zero-order chi connectivity index (χ0) is 15.2. The average Bonchev–Trinajstić information content (AvgIpc) is 2.89. The van der Waals surface area contributed by atoms with Crippen molar-refractivity contribution in [3.8, 4) is 11.3 Å². The van der Waals surface area contributed by atoms with Crippen LogP contribution >= 0.6 is 11.3 Å². The third-order valence-corrected chi connectivity index (χ3v) is 4.41. The molecule has 1 aromatic heterocycles. The molecule has 0 aliphatic rings. The molecule has 1 atom stereocenters. The van der Waals surface area contributed by atoms with Crippen molar-refractivity contribution in [3.05, 3.63) is 40.2 Å². The van der Waals surface area contributed by atoms with Gasteiger partial charge in [-0.15, -0.1) is 11.3 Å². The monoisotopic (exact) mass is 304 g/mol. The van der Waals surface area contributed by atoms with E-state index in [1.54, 1.807) is 11.3 Å². The first-order chi connectivity index (χ1) is 10.2. The lowest BCUT2D eigenvalue weighted by molar-refractivity contribution is 0.0293. The van der Waals surface area contributed by atoms with E-state index in [2.05, 4.69) is 43.4 Å². The molecule has 4 heteroatoms. The molecular weight excluding hydrogens is 280 g/mol. The van der Waals surface area contributed by atoms with Crippen LogP contribution < -0.4 is 5.32 Å². The van der Waals surface area contributed by atoms with Crippen LogP contribution in [0.25, 0.3) is 11.3 Å². The maximum absolute atomic E-state index is 5.90. The molecule has 1 heterocycles. The highest BCUT2D eigenvalue weighted by Gasteiger charge is 2.22. The fraction of sp³-hybridized carbons (Fsp3) is 0.471. The van der Waals surface area contributed by atoms with Crippen LogP contribution in [0.2, 0.25) is 0 Å². The van der Waals surface area contributed by atoms with E-state index in [1.807, 2.05) is 20.0 Å². The zero-order valence-corrected chi connectivity index (χ0v) is 14.0. The molecule has 0 fully saturated rings. The van der Waals surface area contributed by atoms with Gasteiger partial charge in [-0.3, -0.25) is 0 Å². The number of ether oxygens (including phenoxy) is 1. The molecule has 0 aliphatic carbocycles. The third-order valence-electron chi connectivity index (χ3n) is 3.29. The van der Waals surface area contributed by atoms with Crippen LogP contribution in [0, 0.1) is 5.92 Å². The van der Waals surface area contributed by atoms with Crippen LogP contribution in [0.1, 0.15) is 36.8 Å². The van der Waals surface area contributed by atoms with Gasteiger partial charge < -0.3 is 10.1 Å². The van der Waals surface area contributed by atoms with E-state index in [0.717, 1.165) is 17.2 Å². The normalized spacial score (nSPS) is 12.8. The molecule has 2 aromatic rings. The number of nitrogens with one attached hydrogen (secondary N) is 1. The molecule has 0 amide bonds. The van der Waals surface area contributed by atoms with Crippen molar-refractivity contribution < 1.29 is 4.74 Å². The number of hydrogen-bond acceptors (Lipinski definition) is 4. The third kappa shape index (κ3) is 3.90. The molecule has 1 aromatic carbocycles. The Morgan fingerprint density at radius 1 is 1.24 bits per heavy atom. The molecule has 114 valence electrons. The van der Waals surface area contributed by atoms with Crippen molar-refractivity contribution in [1.82, 2.24) is 10.3 Å². The maximum Gasteiger partial charge on any atom is 0.123 e. The predicted octanol–water partition coefficient (Wildman–Crippen LogP) is 4.26. The minimum absolute atomic E-state index is 0.0769. The summed E-state index contributed by atoms with van der Waals surface area (Å²) in [6, 6.07) is 10.4. The highest BCUT2D eigenvalue weighted by Crippen LogP contribution is 2.35. The molecule has 2 rings (SSSR count). The van der Waals surface area contributed by atoms with Gasteiger partial charge in [0.1, 0.15) is 11.1 Å². The number of aromatic nitrogens is 1. The molecule has 0 spiro atoms. The fourth-order valence-corrected chi connectivity index (χ4v) is 3.64. The van der Waals surface area contributed by atoms with Gasteiger partial charge in [-0.25, -0.2) is 4.98 Å². The van der Waals surface area contributed by atoms with E-state index < -0.39 is 0 Å². The first-order valence-corrected chi connectivity index (χ1v) is 8.30. The Kier molecular flexibility index (Phi) is 5.91. The molecule has 21 heavy (non-hydrogen) atoms. The van der Waals surface area contributed by atoms with Crippen LogP contribution in [0.4, 0.5) is 0 Å². The van der Waals surface area contributed by atoms with Gasteiger partial charge in [0.05, 0.1) is 5.69 Å². The van der Waals surface area contributed by atoms with Crippen molar-refractivity contribution >= 4 is 11.3 Å². The second-order valence-electron chi connectivity index (χ2n) is 5.34. The SMILES string of the molecule is CCOC(c1nc(-c2ccccc2)c(CNC)s1)C(C)C. The minimum atomic E-state index is 0.0769. The molecular formula is C17H24N2OS. The van der Waals surface area contributed by atoms with E-state index in [4.69, 9.17) is 9.72 Å². The summed E-state index contributed by atoms with van der Waals surface area (Å²) in [6.45, 7) is 7.95. The molecule has 0 saturated carbocycles. The summed E-state index contributed by atoms with van der Waals surface area (Å²) < 4.78 is 5.90. The van der Waals surface area contributed by atoms with E-state index >= 15 is 0 Å². The largest absolute Gasteiger partial charge is 0.371 e. The Bertz CT molecular complexity index is 551. The van der Waals surface area contributed by atoms with Gasteiger partial charge in [0.2, 0.25) is 0 Å². The number of rotatable bonds is 7. The van der Waals surface area contributed by atoms with Crippen molar-refractivity contribution in [2.24, 2.45) is 5.92 Å². The van der Waals surface area contributed by atoms with Crippen molar-refractivity contribution in [1.29, 1.82) is 0 Å². The van der Waals surface area contributed by atoms with Gasteiger partial charge in [-0.1, -0.05) is 44.2 Å². The number of benzene rings is 1. The summed E-state index contributed by atoms with van der Waals surface area (Å²) >= 11 is 1.76. The van der Waals surface area contributed by atoms with Crippen LogP contribution in [-0.2, 0) is 11.3 Å². The predicted molar refractivity (Wildman–Crippen MR) is 89.5 cm³/mol. The summed E-state index contributed by atoms with van der Waals surface area (Å²) in [4.78, 5) is 6.16. The lowest BCUT2D eigenvalue weighted by Crippen LogP contribution is -2.10. The lowest BCUT2D eigenvalue weighted by Gasteiger charge is -2.18. The fourth-order valence-electron chi connectivity index (χ4n) is 2.32. The van der Waals surface area contributed by atoms with E-state index in [-0.39, 0.29) is 6.10 Å². The minimum Gasteiger partial charge on any atom is -0.371 e. The first-order valence-electron chi connectivity index (χ1n) is 7.48. The van der Waals surface area contributed by atoms with Gasteiger partial charge in [0.15, 0.2) is 0 Å². The summed E-state index contributed by atoms with van der Waals surface area (Å²) in [5, 5.41) is 4.32. The number of thiazole rings is 1. The van der Waals surface area contributed by atoms with E-state index in [9.17, 15) is 0 Å². The first kappa shape index (κ1) is 16.1. The van der Waals surface area contributed by atoms with Gasteiger partial charge >= 0.3 is 0 Å². The van der Waals surface area contributed by atoms with E-state index in [0.29, 0.717) is 12.5 Å². The molecule has 1 unspecified atom stereocenters. The highest BCUT2D eigenvalue weighted by molar-refractivity contribution is 7.12. The highest BCUT2D eigenvalue weighted by atomic mass is 32.1. The quantitative estimate of drug-likeness (QED) is 0.829. The Morgan fingerprint density at radius 3 is 2.52 bits per heavy atom.